The molecule has 0 aromatic carbocycles. The van der Waals surface area contributed by atoms with E-state index < -0.39 is 0 Å². The molecule has 0 saturated heterocycles. The van der Waals surface area contributed by atoms with Gasteiger partial charge in [-0.1, -0.05) is 25.4 Å². The van der Waals surface area contributed by atoms with E-state index in [1.165, 1.54) is 6.42 Å². The number of nitrogens with one attached hydrogen (secondary N) is 1. The molecule has 4 heteroatoms. The van der Waals surface area contributed by atoms with Gasteiger partial charge in [0.05, 0.1) is 16.4 Å². The van der Waals surface area contributed by atoms with Gasteiger partial charge >= 0.3 is 0 Å². The first-order valence-electron chi connectivity index (χ1n) is 5.93. The van der Waals surface area contributed by atoms with Crippen LogP contribution >= 0.6 is 11.6 Å². The molecule has 16 heavy (non-hydrogen) atoms. The third-order valence-electron chi connectivity index (χ3n) is 2.65. The van der Waals surface area contributed by atoms with Crippen LogP contribution in [0.1, 0.15) is 38.1 Å². The van der Waals surface area contributed by atoms with Gasteiger partial charge in [0.2, 0.25) is 0 Å². The average molecular weight is 244 g/mol. The van der Waals surface area contributed by atoms with Crippen molar-refractivity contribution in [1.29, 1.82) is 0 Å². The molecule has 3 nitrogen and oxygen atoms in total. The molecule has 0 fully saturated rings. The van der Waals surface area contributed by atoms with Crippen molar-refractivity contribution in [2.24, 2.45) is 7.05 Å². The van der Waals surface area contributed by atoms with Gasteiger partial charge in [-0.15, -0.1) is 0 Å². The van der Waals surface area contributed by atoms with Gasteiger partial charge in [0.1, 0.15) is 0 Å². The third kappa shape index (κ3) is 3.80. The molecule has 0 aliphatic carbocycles. The largest absolute Gasteiger partial charge is 0.315 e. The maximum atomic E-state index is 6.18. The molecule has 0 aliphatic rings. The summed E-state index contributed by atoms with van der Waals surface area (Å²) < 4.78 is 1.90. The molecule has 1 heterocycles. The van der Waals surface area contributed by atoms with Crippen LogP contribution in [-0.2, 0) is 13.5 Å². The Labute approximate surface area is 103 Å². The Bertz CT molecular complexity index is 331. The highest BCUT2D eigenvalue weighted by Gasteiger charge is 2.09. The fraction of sp³-hybridized carbons (Fsp3) is 0.750. The molecule has 0 bridgehead atoms. The van der Waals surface area contributed by atoms with Gasteiger partial charge in [-0.3, -0.25) is 4.68 Å². The van der Waals surface area contributed by atoms with Gasteiger partial charge in [-0.25, -0.2) is 0 Å². The molecule has 0 amide bonds. The SMILES string of the molecule is Cc1nn(C)c(CCCCNC(C)C)c1Cl. The van der Waals surface area contributed by atoms with E-state index in [0.717, 1.165) is 35.8 Å². The summed E-state index contributed by atoms with van der Waals surface area (Å²) in [5.41, 5.74) is 2.09. The second kappa shape index (κ2) is 6.26. The summed E-state index contributed by atoms with van der Waals surface area (Å²) in [5, 5.41) is 8.55. The second-order valence-electron chi connectivity index (χ2n) is 4.54. The first kappa shape index (κ1) is 13.5. The van der Waals surface area contributed by atoms with E-state index in [4.69, 9.17) is 11.6 Å². The first-order valence-corrected chi connectivity index (χ1v) is 6.31. The van der Waals surface area contributed by atoms with E-state index in [2.05, 4.69) is 24.3 Å². The van der Waals surface area contributed by atoms with Crippen LogP contribution < -0.4 is 5.32 Å². The summed E-state index contributed by atoms with van der Waals surface area (Å²) in [6.07, 6.45) is 3.34. The zero-order valence-electron chi connectivity index (χ0n) is 10.7. The summed E-state index contributed by atoms with van der Waals surface area (Å²) in [6.45, 7) is 7.36. The minimum atomic E-state index is 0.572. The fourth-order valence-electron chi connectivity index (χ4n) is 1.76. The number of unbranched alkanes of at least 4 members (excludes halogenated alkanes) is 1. The smallest absolute Gasteiger partial charge is 0.0846 e. The van der Waals surface area contributed by atoms with E-state index in [9.17, 15) is 0 Å². The van der Waals surface area contributed by atoms with Gasteiger partial charge in [-0.05, 0) is 32.7 Å². The van der Waals surface area contributed by atoms with Crippen molar-refractivity contribution in [3.8, 4) is 0 Å². The lowest BCUT2D eigenvalue weighted by atomic mass is 10.2. The Balaban J connectivity index is 2.32. The highest BCUT2D eigenvalue weighted by atomic mass is 35.5. The van der Waals surface area contributed by atoms with E-state index in [-0.39, 0.29) is 0 Å². The molecule has 1 aromatic heterocycles. The Morgan fingerprint density at radius 1 is 1.38 bits per heavy atom. The monoisotopic (exact) mass is 243 g/mol. The Morgan fingerprint density at radius 3 is 2.56 bits per heavy atom. The summed E-state index contributed by atoms with van der Waals surface area (Å²) in [5.74, 6) is 0. The zero-order valence-corrected chi connectivity index (χ0v) is 11.4. The molecule has 1 aromatic rings. The molecule has 1 rings (SSSR count). The highest BCUT2D eigenvalue weighted by molar-refractivity contribution is 6.31. The van der Waals surface area contributed by atoms with E-state index in [1.54, 1.807) is 0 Å². The number of halogens is 1. The van der Waals surface area contributed by atoms with Gasteiger partial charge < -0.3 is 5.32 Å². The minimum Gasteiger partial charge on any atom is -0.315 e. The number of hydrogen-bond donors (Lipinski definition) is 1. The van der Waals surface area contributed by atoms with E-state index in [1.807, 2.05) is 18.7 Å². The van der Waals surface area contributed by atoms with Gasteiger partial charge in [0.25, 0.3) is 0 Å². The van der Waals surface area contributed by atoms with Crippen LogP contribution in [0.4, 0.5) is 0 Å². The summed E-state index contributed by atoms with van der Waals surface area (Å²) in [7, 11) is 1.96. The normalized spacial score (nSPS) is 11.4. The molecule has 0 radical (unpaired) electrons. The number of aryl methyl sites for hydroxylation is 2. The lowest BCUT2D eigenvalue weighted by Crippen LogP contribution is -2.23. The molecule has 0 aliphatic heterocycles. The van der Waals surface area contributed by atoms with E-state index >= 15 is 0 Å². The summed E-state index contributed by atoms with van der Waals surface area (Å²) >= 11 is 6.18. The van der Waals surface area contributed by atoms with Gasteiger partial charge in [-0.2, -0.15) is 5.10 Å². The second-order valence-corrected chi connectivity index (χ2v) is 4.91. The molecule has 0 spiro atoms. The molecule has 0 saturated carbocycles. The topological polar surface area (TPSA) is 29.9 Å². The number of rotatable bonds is 6. The van der Waals surface area contributed by atoms with Crippen molar-refractivity contribution in [2.75, 3.05) is 6.54 Å². The number of hydrogen-bond acceptors (Lipinski definition) is 2. The first-order chi connectivity index (χ1) is 7.52. The standard InChI is InChI=1S/C12H22ClN3/c1-9(2)14-8-6-5-7-11-12(13)10(3)15-16(11)4/h9,14H,5-8H2,1-4H3. The lowest BCUT2D eigenvalue weighted by Gasteiger charge is -2.07. The molecular formula is C12H22ClN3. The maximum Gasteiger partial charge on any atom is 0.0846 e. The molecule has 0 unspecified atom stereocenters. The van der Waals surface area contributed by atoms with Crippen LogP contribution in [0.15, 0.2) is 0 Å². The number of aromatic nitrogens is 2. The van der Waals surface area contributed by atoms with Gasteiger partial charge in [0.15, 0.2) is 0 Å². The fourth-order valence-corrected chi connectivity index (χ4v) is 2.01. The minimum absolute atomic E-state index is 0.572. The molecule has 92 valence electrons. The van der Waals surface area contributed by atoms with Gasteiger partial charge in [0, 0.05) is 13.1 Å². The Kier molecular flexibility index (Phi) is 5.29. The summed E-state index contributed by atoms with van der Waals surface area (Å²) in [6, 6.07) is 0.572. The van der Waals surface area contributed by atoms with Crippen molar-refractivity contribution in [3.05, 3.63) is 16.4 Å². The zero-order chi connectivity index (χ0) is 12.1. The Morgan fingerprint density at radius 2 is 2.06 bits per heavy atom. The third-order valence-corrected chi connectivity index (χ3v) is 3.15. The Hall–Kier alpha value is -0.540. The predicted octanol–water partition coefficient (Wildman–Crippen LogP) is 2.70. The average Bonchev–Trinajstić information content (AvgIpc) is 2.43. The van der Waals surface area contributed by atoms with Crippen LogP contribution in [0.2, 0.25) is 5.02 Å². The maximum absolute atomic E-state index is 6.18. The van der Waals surface area contributed by atoms with Crippen molar-refractivity contribution in [1.82, 2.24) is 15.1 Å². The van der Waals surface area contributed by atoms with E-state index in [0.29, 0.717) is 6.04 Å². The van der Waals surface area contributed by atoms with Crippen LogP contribution in [0.25, 0.3) is 0 Å². The van der Waals surface area contributed by atoms with Crippen molar-refractivity contribution < 1.29 is 0 Å². The van der Waals surface area contributed by atoms with Crippen molar-refractivity contribution in [2.45, 2.75) is 46.1 Å². The molecule has 0 atom stereocenters. The summed E-state index contributed by atoms with van der Waals surface area (Å²) in [4.78, 5) is 0. The van der Waals surface area contributed by atoms with Crippen LogP contribution in [-0.4, -0.2) is 22.4 Å². The molecule has 1 N–H and O–H groups in total. The number of nitrogens with zero attached hydrogens (tertiary/aromatic N) is 2. The van der Waals surface area contributed by atoms with Crippen molar-refractivity contribution >= 4 is 11.6 Å². The van der Waals surface area contributed by atoms with Crippen LogP contribution in [0, 0.1) is 6.92 Å². The predicted molar refractivity (Wildman–Crippen MR) is 69.0 cm³/mol. The van der Waals surface area contributed by atoms with Crippen LogP contribution in [0.5, 0.6) is 0 Å². The lowest BCUT2D eigenvalue weighted by molar-refractivity contribution is 0.552. The van der Waals surface area contributed by atoms with Crippen molar-refractivity contribution in [3.63, 3.8) is 0 Å². The van der Waals surface area contributed by atoms with Crippen LogP contribution in [0.3, 0.4) is 0 Å². The highest BCUT2D eigenvalue weighted by Crippen LogP contribution is 2.20. The molecular weight excluding hydrogens is 222 g/mol. The quantitative estimate of drug-likeness (QED) is 0.779.